The normalized spacial score (nSPS) is 27.8. The van der Waals surface area contributed by atoms with Crippen LogP contribution in [0.3, 0.4) is 0 Å². The number of nitrogens with zero attached hydrogens (tertiary/aromatic N) is 1. The number of likely N-dealkylation sites (N-methyl/N-ethyl adjacent to an activating group) is 1. The number of aliphatic hydroxyl groups is 1. The van der Waals surface area contributed by atoms with Gasteiger partial charge in [0.15, 0.2) is 11.4 Å². The molecule has 1 saturated carbocycles. The highest BCUT2D eigenvalue weighted by Crippen LogP contribution is 2.60. The lowest BCUT2D eigenvalue weighted by atomic mass is 9.65. The molecule has 1 aliphatic heterocycles. The van der Waals surface area contributed by atoms with E-state index >= 15 is 0 Å². The minimum Gasteiger partial charge on any atom is -0.463 e. The van der Waals surface area contributed by atoms with E-state index in [4.69, 9.17) is 9.47 Å². The highest BCUT2D eigenvalue weighted by atomic mass is 16.7. The molecule has 57 heavy (non-hydrogen) atoms. The summed E-state index contributed by atoms with van der Waals surface area (Å²) in [5, 5.41) is 21.1. The average molecular weight is 779 g/mol. The maximum Gasteiger partial charge on any atom is 0.350 e. The van der Waals surface area contributed by atoms with Crippen LogP contribution in [-0.4, -0.2) is 78.3 Å². The largest absolute Gasteiger partial charge is 0.463 e. The number of anilines is 1. The van der Waals surface area contributed by atoms with Gasteiger partial charge >= 0.3 is 5.97 Å². The Balaban J connectivity index is 1.23. The van der Waals surface area contributed by atoms with E-state index in [2.05, 4.69) is 72.1 Å². The summed E-state index contributed by atoms with van der Waals surface area (Å²) in [5.74, 6) is -0.319. The number of epoxide rings is 1. The second-order valence-electron chi connectivity index (χ2n) is 17.6. The molecule has 4 N–H and O–H groups in total. The van der Waals surface area contributed by atoms with Crippen LogP contribution in [0.5, 0.6) is 0 Å². The van der Waals surface area contributed by atoms with E-state index in [1.807, 2.05) is 32.3 Å². The fourth-order valence-corrected chi connectivity index (χ4v) is 10.4. The first kappa shape index (κ1) is 41.2. The monoisotopic (exact) mass is 778 g/mol. The fraction of sp³-hybridized carbons (Fsp3) is 0.574. The number of aromatic nitrogens is 1. The molecule has 1 aromatic carbocycles. The van der Waals surface area contributed by atoms with Crippen LogP contribution in [0.25, 0.3) is 0 Å². The van der Waals surface area contributed by atoms with Crippen molar-refractivity contribution in [3.63, 3.8) is 0 Å². The molecule has 306 valence electrons. The number of ketones is 2. The second-order valence-corrected chi connectivity index (χ2v) is 17.6. The Bertz CT molecular complexity index is 1940. The van der Waals surface area contributed by atoms with Crippen molar-refractivity contribution in [1.29, 1.82) is 0 Å². The summed E-state index contributed by atoms with van der Waals surface area (Å²) in [6.07, 6.45) is 17.9. The van der Waals surface area contributed by atoms with Crippen LogP contribution in [-0.2, 0) is 26.1 Å². The number of carbonyl (C=O) groups excluding carboxylic acids is 3. The van der Waals surface area contributed by atoms with Gasteiger partial charge in [-0.2, -0.15) is 0 Å². The van der Waals surface area contributed by atoms with Crippen molar-refractivity contribution < 1.29 is 29.0 Å². The van der Waals surface area contributed by atoms with Gasteiger partial charge in [0.05, 0.1) is 19.9 Å². The van der Waals surface area contributed by atoms with Crippen molar-refractivity contribution in [2.24, 2.45) is 17.8 Å². The molecule has 0 spiro atoms. The smallest absolute Gasteiger partial charge is 0.350 e. The summed E-state index contributed by atoms with van der Waals surface area (Å²) < 4.78 is 12.6. The number of hydrogen-bond acceptors (Lipinski definition) is 10. The molecular formula is C47H62N4O6. The second kappa shape index (κ2) is 17.1. The summed E-state index contributed by atoms with van der Waals surface area (Å²) in [4.78, 5) is 49.1. The molecule has 0 unspecified atom stereocenters. The number of fused-ring (bicyclic) bond motifs is 3. The van der Waals surface area contributed by atoms with Crippen molar-refractivity contribution >= 4 is 23.4 Å². The third-order valence-electron chi connectivity index (χ3n) is 13.4. The summed E-state index contributed by atoms with van der Waals surface area (Å²) in [6, 6.07) is 9.59. The Labute approximate surface area is 338 Å². The number of carbonyl (C=O) groups is 3. The number of aliphatic hydroxyl groups excluding tert-OH is 1. The van der Waals surface area contributed by atoms with Gasteiger partial charge < -0.3 is 30.5 Å². The highest BCUT2D eigenvalue weighted by Gasteiger charge is 2.85. The van der Waals surface area contributed by atoms with Crippen LogP contribution < -0.4 is 16.0 Å². The van der Waals surface area contributed by atoms with E-state index in [9.17, 15) is 19.5 Å². The van der Waals surface area contributed by atoms with E-state index in [0.717, 1.165) is 74.9 Å². The van der Waals surface area contributed by atoms with E-state index in [0.29, 0.717) is 31.0 Å². The van der Waals surface area contributed by atoms with Crippen molar-refractivity contribution in [2.45, 2.75) is 121 Å². The number of allylic oxidation sites excluding steroid dienone is 4. The third-order valence-corrected chi connectivity index (χ3v) is 13.4. The van der Waals surface area contributed by atoms with Gasteiger partial charge in [0, 0.05) is 35.7 Å². The predicted molar refractivity (Wildman–Crippen MR) is 222 cm³/mol. The molecule has 0 radical (unpaired) electrons. The molecule has 0 bridgehead atoms. The van der Waals surface area contributed by atoms with Crippen LogP contribution in [0.1, 0.15) is 124 Å². The summed E-state index contributed by atoms with van der Waals surface area (Å²) >= 11 is 0. The van der Waals surface area contributed by atoms with Crippen LogP contribution in [0, 0.1) is 17.8 Å². The first-order chi connectivity index (χ1) is 27.5. The summed E-state index contributed by atoms with van der Waals surface area (Å²) in [6.45, 7) is 9.33. The van der Waals surface area contributed by atoms with Crippen molar-refractivity contribution in [3.8, 4) is 0 Å². The first-order valence-corrected chi connectivity index (χ1v) is 21.4. The van der Waals surface area contributed by atoms with Gasteiger partial charge in [0.1, 0.15) is 5.82 Å². The molecule has 0 amide bonds. The Morgan fingerprint density at radius 3 is 2.65 bits per heavy atom. The molecule has 10 heteroatoms. The van der Waals surface area contributed by atoms with E-state index < -0.39 is 28.7 Å². The molecule has 1 aromatic heterocycles. The minimum absolute atomic E-state index is 0.000784. The number of hydrogen-bond donors (Lipinski definition) is 4. The molecule has 5 atom stereocenters. The molecule has 2 heterocycles. The molecule has 7 rings (SSSR count). The first-order valence-electron chi connectivity index (χ1n) is 21.4. The van der Waals surface area contributed by atoms with Gasteiger partial charge in [-0.15, -0.1) is 0 Å². The topological polar surface area (TPSA) is 142 Å². The minimum atomic E-state index is -2.12. The lowest BCUT2D eigenvalue weighted by Crippen LogP contribution is -2.52. The van der Waals surface area contributed by atoms with Crippen LogP contribution in [0.2, 0.25) is 0 Å². The van der Waals surface area contributed by atoms with Gasteiger partial charge in [-0.25, -0.2) is 9.78 Å². The molecule has 4 aliphatic carbocycles. The van der Waals surface area contributed by atoms with Gasteiger partial charge in [0.2, 0.25) is 5.78 Å². The lowest BCUT2D eigenvalue weighted by Gasteiger charge is -2.39. The zero-order valence-electron chi connectivity index (χ0n) is 34.5. The Morgan fingerprint density at radius 1 is 1.11 bits per heavy atom. The number of esters is 1. The van der Waals surface area contributed by atoms with Gasteiger partial charge in [-0.05, 0) is 117 Å². The SMILES string of the molecule is CCN[C@@H]1C=C2C=CCC[C@H]2C[C@H]1COC(=O)[C@]12O[C@@]1(C/C(CO)=C(\C)CC1(c3ccnc(NCNC)c3)CCCCC1)C(=O)c1cccc(CC(C)C)c1C2=O. The predicted octanol–water partition coefficient (Wildman–Crippen LogP) is 7.18. The van der Waals surface area contributed by atoms with E-state index in [-0.39, 0.29) is 54.1 Å². The molecule has 10 nitrogen and oxygen atoms in total. The van der Waals surface area contributed by atoms with Gasteiger partial charge in [0.25, 0.3) is 5.60 Å². The molecule has 1 saturated heterocycles. The quantitative estimate of drug-likeness (QED) is 0.0455. The summed E-state index contributed by atoms with van der Waals surface area (Å²) in [5.41, 5.74) is 1.20. The highest BCUT2D eigenvalue weighted by molar-refractivity contribution is 6.33. The number of pyridine rings is 1. The number of rotatable bonds is 16. The maximum atomic E-state index is 15.0. The van der Waals surface area contributed by atoms with Crippen molar-refractivity contribution in [1.82, 2.24) is 15.6 Å². The Hall–Kier alpha value is -3.96. The number of ether oxygens (including phenoxy) is 2. The zero-order valence-corrected chi connectivity index (χ0v) is 34.5. The van der Waals surface area contributed by atoms with Gasteiger partial charge in [-0.1, -0.05) is 82.0 Å². The van der Waals surface area contributed by atoms with Crippen molar-refractivity contribution in [2.75, 3.05) is 38.8 Å². The average Bonchev–Trinajstić information content (AvgIpc) is 3.92. The maximum absolute atomic E-state index is 15.0. The van der Waals surface area contributed by atoms with Crippen LogP contribution >= 0.6 is 0 Å². The van der Waals surface area contributed by atoms with Crippen LogP contribution in [0.15, 0.2) is 71.5 Å². The number of Topliss-reactive ketones (excluding diaryl/α,β-unsaturated/α-hetero) is 2. The zero-order chi connectivity index (χ0) is 40.4. The third kappa shape index (κ3) is 7.71. The van der Waals surface area contributed by atoms with E-state index in [1.165, 1.54) is 11.1 Å². The lowest BCUT2D eigenvalue weighted by molar-refractivity contribution is -0.150. The standard InChI is InChI=1S/C47H62N4O6/c1-6-49-39-23-33-14-9-8-13-32(33)22-35(39)28-56-44(55)47-43(54)41-34(21-30(2)3)15-12-16-38(41)42(53)46(47,57-47)26-36(27-52)31(4)25-45(18-10-7-11-19-45)37-17-20-50-40(24-37)51-29-48-5/h9,12,14-17,20,23-24,30,32,35,39,48-49,52H,6-8,10-11,13,18-19,21-22,25-29H2,1-5H3,(H,50,51)/b36-31-/t32-,35-,39+,46-,47-/m0/s1. The Kier molecular flexibility index (Phi) is 12.4. The van der Waals surface area contributed by atoms with E-state index in [1.54, 1.807) is 6.07 Å². The molecular weight excluding hydrogens is 717 g/mol. The summed E-state index contributed by atoms with van der Waals surface area (Å²) in [7, 11) is 1.88. The number of benzene rings is 1. The van der Waals surface area contributed by atoms with Gasteiger partial charge in [-0.3, -0.25) is 9.59 Å². The van der Waals surface area contributed by atoms with Crippen LogP contribution in [0.4, 0.5) is 5.82 Å². The number of nitrogens with one attached hydrogen (secondary N) is 3. The van der Waals surface area contributed by atoms with Crippen molar-refractivity contribution in [3.05, 3.63) is 93.7 Å². The molecule has 2 aromatic rings. The fourth-order valence-electron chi connectivity index (χ4n) is 10.4. The molecule has 5 aliphatic rings. The molecule has 2 fully saturated rings. The Morgan fingerprint density at radius 2 is 1.91 bits per heavy atom.